The molecule has 0 saturated carbocycles. The number of carbonyl (C=O) groups is 1. The van der Waals surface area contributed by atoms with Crippen LogP contribution >= 0.6 is 0 Å². The van der Waals surface area contributed by atoms with Crippen molar-refractivity contribution in [3.05, 3.63) is 53.3 Å². The van der Waals surface area contributed by atoms with Gasteiger partial charge in [0, 0.05) is 24.4 Å². The molecule has 3 aromatic heterocycles. The molecule has 2 N–H and O–H groups in total. The van der Waals surface area contributed by atoms with Crippen molar-refractivity contribution in [1.82, 2.24) is 24.8 Å². The lowest BCUT2D eigenvalue weighted by atomic mass is 10.1. The van der Waals surface area contributed by atoms with Gasteiger partial charge in [-0.2, -0.15) is 5.10 Å². The molecule has 9 nitrogen and oxygen atoms in total. The van der Waals surface area contributed by atoms with E-state index in [4.69, 9.17) is 4.42 Å². The molecule has 0 saturated heterocycles. The van der Waals surface area contributed by atoms with Crippen LogP contribution in [0.15, 0.2) is 35.1 Å². The van der Waals surface area contributed by atoms with E-state index in [1.54, 1.807) is 13.8 Å². The summed E-state index contributed by atoms with van der Waals surface area (Å²) in [6.07, 6.45) is 2.85. The molecule has 4 rings (SSSR count). The van der Waals surface area contributed by atoms with Crippen LogP contribution in [0.1, 0.15) is 27.4 Å². The molecule has 0 atom stereocenters. The van der Waals surface area contributed by atoms with Crippen LogP contribution < -0.4 is 5.32 Å². The Labute approximate surface area is 153 Å². The summed E-state index contributed by atoms with van der Waals surface area (Å²) in [5.74, 6) is 0.420. The highest BCUT2D eigenvalue weighted by molar-refractivity contribution is 5.94. The number of hydrogen-bond acceptors (Lipinski definition) is 7. The third kappa shape index (κ3) is 2.88. The maximum Gasteiger partial charge on any atom is 0.337 e. The van der Waals surface area contributed by atoms with Crippen molar-refractivity contribution in [2.24, 2.45) is 0 Å². The number of rotatable bonds is 4. The molecule has 0 aliphatic carbocycles. The molecular weight excluding hydrogens is 348 g/mol. The van der Waals surface area contributed by atoms with Crippen LogP contribution in [0.2, 0.25) is 0 Å². The molecule has 0 radical (unpaired) electrons. The van der Waals surface area contributed by atoms with Gasteiger partial charge in [0.15, 0.2) is 5.82 Å². The highest BCUT2D eigenvalue weighted by atomic mass is 16.4. The zero-order valence-electron chi connectivity index (χ0n) is 14.9. The Morgan fingerprint density at radius 1 is 1.22 bits per heavy atom. The zero-order chi connectivity index (χ0) is 19.1. The number of anilines is 2. The summed E-state index contributed by atoms with van der Waals surface area (Å²) in [4.78, 5) is 15.7. The minimum absolute atomic E-state index is 0.186. The molecule has 27 heavy (non-hydrogen) atoms. The summed E-state index contributed by atoms with van der Waals surface area (Å²) in [7, 11) is 0. The summed E-state index contributed by atoms with van der Waals surface area (Å²) in [5, 5.41) is 24.6. The monoisotopic (exact) mass is 364 g/mol. The standard InChI is InChI=1S/C18H16N6O3/c1-9-4-5-12(17-23-22-11(3)27-17)6-14(9)21-16-15-10(2)13(18(25)26)7-24(15)20-8-19-16/h4-8H,1-3H3,(H,25,26)(H,19,20,21). The largest absolute Gasteiger partial charge is 0.478 e. The van der Waals surface area contributed by atoms with Crippen molar-refractivity contribution in [2.75, 3.05) is 5.32 Å². The van der Waals surface area contributed by atoms with Crippen molar-refractivity contribution in [1.29, 1.82) is 0 Å². The molecule has 9 heteroatoms. The number of aryl methyl sites for hydroxylation is 3. The van der Waals surface area contributed by atoms with E-state index in [0.29, 0.717) is 28.7 Å². The van der Waals surface area contributed by atoms with E-state index in [-0.39, 0.29) is 5.56 Å². The smallest absolute Gasteiger partial charge is 0.337 e. The predicted octanol–water partition coefficient (Wildman–Crippen LogP) is 3.15. The first-order chi connectivity index (χ1) is 12.9. The lowest BCUT2D eigenvalue weighted by Crippen LogP contribution is -2.01. The second kappa shape index (κ2) is 6.20. The van der Waals surface area contributed by atoms with E-state index in [1.807, 2.05) is 25.1 Å². The van der Waals surface area contributed by atoms with Gasteiger partial charge in [-0.05, 0) is 37.1 Å². The van der Waals surface area contributed by atoms with Gasteiger partial charge in [-0.3, -0.25) is 0 Å². The fraction of sp³-hybridized carbons (Fsp3) is 0.167. The Hall–Kier alpha value is -3.75. The number of aromatic carboxylic acids is 1. The van der Waals surface area contributed by atoms with Gasteiger partial charge in [-0.1, -0.05) is 6.07 Å². The third-order valence-corrected chi connectivity index (χ3v) is 4.32. The van der Waals surface area contributed by atoms with E-state index in [1.165, 1.54) is 17.0 Å². The summed E-state index contributed by atoms with van der Waals surface area (Å²) in [6, 6.07) is 5.72. The van der Waals surface area contributed by atoms with E-state index in [9.17, 15) is 9.90 Å². The first-order valence-corrected chi connectivity index (χ1v) is 8.18. The van der Waals surface area contributed by atoms with E-state index in [0.717, 1.165) is 16.8 Å². The summed E-state index contributed by atoms with van der Waals surface area (Å²) >= 11 is 0. The van der Waals surface area contributed by atoms with Gasteiger partial charge in [0.05, 0.1) is 5.56 Å². The fourth-order valence-corrected chi connectivity index (χ4v) is 2.90. The van der Waals surface area contributed by atoms with Gasteiger partial charge in [0.2, 0.25) is 11.8 Å². The van der Waals surface area contributed by atoms with Gasteiger partial charge >= 0.3 is 5.97 Å². The molecular formula is C18H16N6O3. The highest BCUT2D eigenvalue weighted by Gasteiger charge is 2.18. The number of aromatic nitrogens is 5. The number of carboxylic acids is 1. The second-order valence-corrected chi connectivity index (χ2v) is 6.16. The molecule has 136 valence electrons. The van der Waals surface area contributed by atoms with Gasteiger partial charge in [-0.25, -0.2) is 14.3 Å². The third-order valence-electron chi connectivity index (χ3n) is 4.32. The van der Waals surface area contributed by atoms with Crippen molar-refractivity contribution in [2.45, 2.75) is 20.8 Å². The Morgan fingerprint density at radius 2 is 2.04 bits per heavy atom. The first kappa shape index (κ1) is 16.7. The number of fused-ring (bicyclic) bond motifs is 1. The number of benzene rings is 1. The van der Waals surface area contributed by atoms with E-state index >= 15 is 0 Å². The first-order valence-electron chi connectivity index (χ1n) is 8.18. The quantitative estimate of drug-likeness (QED) is 0.567. The Kier molecular flexibility index (Phi) is 3.84. The molecule has 1 aromatic carbocycles. The zero-order valence-corrected chi connectivity index (χ0v) is 14.9. The van der Waals surface area contributed by atoms with Crippen molar-refractivity contribution in [3.63, 3.8) is 0 Å². The number of hydrogen-bond donors (Lipinski definition) is 2. The van der Waals surface area contributed by atoms with Crippen LogP contribution in [0.4, 0.5) is 11.5 Å². The number of nitrogens with zero attached hydrogens (tertiary/aromatic N) is 5. The Balaban J connectivity index is 1.79. The molecule has 0 amide bonds. The van der Waals surface area contributed by atoms with Crippen LogP contribution in [0.25, 0.3) is 17.0 Å². The van der Waals surface area contributed by atoms with Crippen molar-refractivity contribution < 1.29 is 14.3 Å². The molecule has 0 spiro atoms. The normalized spacial score (nSPS) is 11.1. The minimum Gasteiger partial charge on any atom is -0.478 e. The lowest BCUT2D eigenvalue weighted by Gasteiger charge is -2.11. The van der Waals surface area contributed by atoms with Crippen LogP contribution in [-0.4, -0.2) is 35.9 Å². The molecule has 0 bridgehead atoms. The van der Waals surface area contributed by atoms with Gasteiger partial charge in [0.1, 0.15) is 11.8 Å². The van der Waals surface area contributed by atoms with Crippen molar-refractivity contribution in [3.8, 4) is 11.5 Å². The SMILES string of the molecule is Cc1nnc(-c2ccc(C)c(Nc3ncnn4cc(C(=O)O)c(C)c34)c2)o1. The second-order valence-electron chi connectivity index (χ2n) is 6.16. The Morgan fingerprint density at radius 3 is 2.74 bits per heavy atom. The van der Waals surface area contributed by atoms with Gasteiger partial charge in [-0.15, -0.1) is 10.2 Å². The topological polar surface area (TPSA) is 118 Å². The van der Waals surface area contributed by atoms with Crippen LogP contribution in [0.5, 0.6) is 0 Å². The highest BCUT2D eigenvalue weighted by Crippen LogP contribution is 2.29. The fourth-order valence-electron chi connectivity index (χ4n) is 2.90. The van der Waals surface area contributed by atoms with E-state index < -0.39 is 5.97 Å². The Bertz CT molecular complexity index is 1180. The van der Waals surface area contributed by atoms with Gasteiger partial charge < -0.3 is 14.8 Å². The summed E-state index contributed by atoms with van der Waals surface area (Å²) in [5.41, 5.74) is 3.92. The lowest BCUT2D eigenvalue weighted by molar-refractivity contribution is 0.0696. The molecule has 0 aliphatic heterocycles. The minimum atomic E-state index is -1.01. The molecule has 4 aromatic rings. The number of nitrogens with one attached hydrogen (secondary N) is 1. The number of carboxylic acid groups (broad SMARTS) is 1. The predicted molar refractivity (Wildman–Crippen MR) is 97.2 cm³/mol. The maximum absolute atomic E-state index is 11.4. The van der Waals surface area contributed by atoms with Crippen molar-refractivity contribution >= 4 is 23.0 Å². The van der Waals surface area contributed by atoms with E-state index in [2.05, 4.69) is 25.6 Å². The van der Waals surface area contributed by atoms with Gasteiger partial charge in [0.25, 0.3) is 0 Å². The average molecular weight is 364 g/mol. The maximum atomic E-state index is 11.4. The molecule has 0 unspecified atom stereocenters. The molecule has 0 fully saturated rings. The summed E-state index contributed by atoms with van der Waals surface area (Å²) < 4.78 is 7.00. The average Bonchev–Trinajstić information content (AvgIpc) is 3.21. The van der Waals surface area contributed by atoms with Crippen LogP contribution in [0, 0.1) is 20.8 Å². The van der Waals surface area contributed by atoms with Crippen LogP contribution in [-0.2, 0) is 0 Å². The molecule has 0 aliphatic rings. The van der Waals surface area contributed by atoms with Crippen LogP contribution in [0.3, 0.4) is 0 Å². The molecule has 3 heterocycles. The summed E-state index contributed by atoms with van der Waals surface area (Å²) in [6.45, 7) is 5.42.